The van der Waals surface area contributed by atoms with Crippen LogP contribution < -0.4 is 4.18 Å². The highest BCUT2D eigenvalue weighted by molar-refractivity contribution is 9.10. The van der Waals surface area contributed by atoms with Crippen LogP contribution in [0, 0.1) is 17.0 Å². The van der Waals surface area contributed by atoms with Gasteiger partial charge in [0.25, 0.3) is 5.69 Å². The SMILES string of the molecule is Cc1cc(S(=O)(=O)Oc2ccc([N+](=O)[O-])cc2)ccc1Br. The van der Waals surface area contributed by atoms with E-state index in [-0.39, 0.29) is 16.3 Å². The van der Waals surface area contributed by atoms with Crippen molar-refractivity contribution in [2.24, 2.45) is 0 Å². The Morgan fingerprint density at radius 1 is 1.14 bits per heavy atom. The fourth-order valence-electron chi connectivity index (χ4n) is 1.57. The first kappa shape index (κ1) is 15.5. The lowest BCUT2D eigenvalue weighted by molar-refractivity contribution is -0.384. The van der Waals surface area contributed by atoms with Crippen molar-refractivity contribution in [1.29, 1.82) is 0 Å². The van der Waals surface area contributed by atoms with Crippen LogP contribution in [0.3, 0.4) is 0 Å². The first-order valence-electron chi connectivity index (χ1n) is 5.75. The average Bonchev–Trinajstić information content (AvgIpc) is 2.42. The van der Waals surface area contributed by atoms with E-state index in [0.717, 1.165) is 10.0 Å². The summed E-state index contributed by atoms with van der Waals surface area (Å²) in [6, 6.07) is 9.34. The van der Waals surface area contributed by atoms with Gasteiger partial charge in [0.05, 0.1) is 4.92 Å². The number of rotatable bonds is 4. The fourth-order valence-corrected chi connectivity index (χ4v) is 2.83. The average molecular weight is 372 g/mol. The van der Waals surface area contributed by atoms with Crippen molar-refractivity contribution in [3.63, 3.8) is 0 Å². The van der Waals surface area contributed by atoms with E-state index in [1.807, 2.05) is 0 Å². The Kier molecular flexibility index (Phi) is 4.29. The van der Waals surface area contributed by atoms with E-state index < -0.39 is 15.0 Å². The second-order valence-corrected chi connectivity index (χ2v) is 6.60. The highest BCUT2D eigenvalue weighted by atomic mass is 79.9. The van der Waals surface area contributed by atoms with Gasteiger partial charge in [-0.2, -0.15) is 8.42 Å². The molecule has 0 aliphatic rings. The van der Waals surface area contributed by atoms with E-state index in [4.69, 9.17) is 4.18 Å². The molecule has 8 heteroatoms. The third kappa shape index (κ3) is 3.59. The van der Waals surface area contributed by atoms with Crippen LogP contribution in [0.2, 0.25) is 0 Å². The summed E-state index contributed by atoms with van der Waals surface area (Å²) in [7, 11) is -3.98. The molecule has 0 spiro atoms. The molecule has 0 heterocycles. The maximum Gasteiger partial charge on any atom is 0.339 e. The molecule has 6 nitrogen and oxygen atoms in total. The van der Waals surface area contributed by atoms with Crippen LogP contribution in [0.4, 0.5) is 5.69 Å². The lowest BCUT2D eigenvalue weighted by Crippen LogP contribution is -2.10. The Morgan fingerprint density at radius 3 is 2.29 bits per heavy atom. The third-order valence-electron chi connectivity index (χ3n) is 2.67. The molecule has 0 bridgehead atoms. The predicted molar refractivity (Wildman–Crippen MR) is 79.8 cm³/mol. The Bertz CT molecular complexity index is 787. The number of nitrogens with zero attached hydrogens (tertiary/aromatic N) is 1. The zero-order valence-electron chi connectivity index (χ0n) is 10.8. The van der Waals surface area contributed by atoms with Gasteiger partial charge < -0.3 is 4.18 Å². The molecule has 0 aliphatic heterocycles. The molecule has 0 aromatic heterocycles. The molecule has 110 valence electrons. The zero-order chi connectivity index (χ0) is 15.6. The van der Waals surface area contributed by atoms with Gasteiger partial charge in [-0.15, -0.1) is 0 Å². The molecular weight excluding hydrogens is 362 g/mol. The van der Waals surface area contributed by atoms with Gasteiger partial charge >= 0.3 is 10.1 Å². The van der Waals surface area contributed by atoms with Crippen molar-refractivity contribution < 1.29 is 17.5 Å². The Morgan fingerprint density at radius 2 is 1.76 bits per heavy atom. The quantitative estimate of drug-likeness (QED) is 0.466. The number of hydrogen-bond donors (Lipinski definition) is 0. The monoisotopic (exact) mass is 371 g/mol. The number of nitro groups is 1. The van der Waals surface area contributed by atoms with Gasteiger partial charge in [0, 0.05) is 16.6 Å². The van der Waals surface area contributed by atoms with Crippen LogP contribution in [0.5, 0.6) is 5.75 Å². The number of benzene rings is 2. The summed E-state index contributed by atoms with van der Waals surface area (Å²) >= 11 is 3.28. The second-order valence-electron chi connectivity index (χ2n) is 4.20. The lowest BCUT2D eigenvalue weighted by atomic mass is 10.2. The number of non-ortho nitro benzene ring substituents is 1. The summed E-state index contributed by atoms with van der Waals surface area (Å²) in [5, 5.41) is 10.5. The van der Waals surface area contributed by atoms with Crippen molar-refractivity contribution >= 4 is 31.7 Å². The van der Waals surface area contributed by atoms with Gasteiger partial charge in [-0.05, 0) is 42.8 Å². The molecule has 0 amide bonds. The summed E-state index contributed by atoms with van der Waals surface area (Å²) in [5.74, 6) is 0.0150. The molecule has 0 aliphatic carbocycles. The van der Waals surface area contributed by atoms with Crippen molar-refractivity contribution in [3.05, 3.63) is 62.6 Å². The summed E-state index contributed by atoms with van der Waals surface area (Å²) in [5.41, 5.74) is 0.614. The molecule has 0 saturated carbocycles. The Labute approximate surface area is 129 Å². The smallest absolute Gasteiger partial charge is 0.339 e. The predicted octanol–water partition coefficient (Wildman–Crippen LogP) is 3.43. The number of nitro benzene ring substituents is 1. The molecular formula is C13H10BrNO5S. The topological polar surface area (TPSA) is 86.5 Å². The van der Waals surface area contributed by atoms with Crippen molar-refractivity contribution in [3.8, 4) is 5.75 Å². The lowest BCUT2D eigenvalue weighted by Gasteiger charge is -2.08. The van der Waals surface area contributed by atoms with Crippen LogP contribution in [0.15, 0.2) is 51.8 Å². The van der Waals surface area contributed by atoms with Crippen LogP contribution in [0.25, 0.3) is 0 Å². The Hall–Kier alpha value is -1.93. The first-order valence-corrected chi connectivity index (χ1v) is 7.95. The first-order chi connectivity index (χ1) is 9.79. The maximum absolute atomic E-state index is 12.1. The van der Waals surface area contributed by atoms with Crippen LogP contribution in [0.1, 0.15) is 5.56 Å². The molecule has 0 atom stereocenters. The van der Waals surface area contributed by atoms with E-state index in [2.05, 4.69) is 15.9 Å². The minimum absolute atomic E-state index is 0.0150. The van der Waals surface area contributed by atoms with Crippen molar-refractivity contribution in [1.82, 2.24) is 0 Å². The third-order valence-corrected chi connectivity index (χ3v) is 4.80. The molecule has 2 rings (SSSR count). The van der Waals surface area contributed by atoms with Gasteiger partial charge in [0.15, 0.2) is 0 Å². The highest BCUT2D eigenvalue weighted by Gasteiger charge is 2.18. The van der Waals surface area contributed by atoms with Crippen LogP contribution in [-0.4, -0.2) is 13.3 Å². The van der Waals surface area contributed by atoms with Crippen LogP contribution >= 0.6 is 15.9 Å². The largest absolute Gasteiger partial charge is 0.379 e. The zero-order valence-corrected chi connectivity index (χ0v) is 13.2. The van der Waals surface area contributed by atoms with Gasteiger partial charge in [-0.1, -0.05) is 15.9 Å². The molecule has 0 saturated heterocycles. The highest BCUT2D eigenvalue weighted by Crippen LogP contribution is 2.24. The summed E-state index contributed by atoms with van der Waals surface area (Å²) in [6.07, 6.45) is 0. The van der Waals surface area contributed by atoms with E-state index in [0.29, 0.717) is 0 Å². The summed E-state index contributed by atoms with van der Waals surface area (Å²) < 4.78 is 30.0. The standard InChI is InChI=1S/C13H10BrNO5S/c1-9-8-12(6-7-13(9)14)21(18,19)20-11-4-2-10(3-5-11)15(16)17/h2-8H,1H3. The molecule has 0 N–H and O–H groups in total. The molecule has 0 unspecified atom stereocenters. The minimum Gasteiger partial charge on any atom is -0.379 e. The van der Waals surface area contributed by atoms with Crippen LogP contribution in [-0.2, 0) is 10.1 Å². The number of halogens is 1. The second kappa shape index (κ2) is 5.82. The number of aryl methyl sites for hydroxylation is 1. The van der Waals surface area contributed by atoms with Gasteiger partial charge in [-0.25, -0.2) is 0 Å². The minimum atomic E-state index is -3.98. The normalized spacial score (nSPS) is 11.1. The van der Waals surface area contributed by atoms with Gasteiger partial charge in [0.1, 0.15) is 10.6 Å². The Balaban J connectivity index is 2.28. The molecule has 2 aromatic carbocycles. The van der Waals surface area contributed by atoms with E-state index in [9.17, 15) is 18.5 Å². The maximum atomic E-state index is 12.1. The molecule has 0 radical (unpaired) electrons. The van der Waals surface area contributed by atoms with Crippen molar-refractivity contribution in [2.75, 3.05) is 0 Å². The van der Waals surface area contributed by atoms with E-state index >= 15 is 0 Å². The van der Waals surface area contributed by atoms with E-state index in [1.54, 1.807) is 13.0 Å². The molecule has 21 heavy (non-hydrogen) atoms. The molecule has 0 fully saturated rings. The van der Waals surface area contributed by atoms with Gasteiger partial charge in [-0.3, -0.25) is 10.1 Å². The number of hydrogen-bond acceptors (Lipinski definition) is 5. The summed E-state index contributed by atoms with van der Waals surface area (Å²) in [4.78, 5) is 9.97. The van der Waals surface area contributed by atoms with Gasteiger partial charge in [0.2, 0.25) is 0 Å². The molecule has 2 aromatic rings. The summed E-state index contributed by atoms with van der Waals surface area (Å²) in [6.45, 7) is 1.76. The van der Waals surface area contributed by atoms with Crippen molar-refractivity contribution in [2.45, 2.75) is 11.8 Å². The van der Waals surface area contributed by atoms with E-state index in [1.165, 1.54) is 36.4 Å². The fraction of sp³-hybridized carbons (Fsp3) is 0.0769.